The number of hydrogen-bond donors (Lipinski definition) is 0. The zero-order valence-electron chi connectivity index (χ0n) is 17.5. The minimum absolute atomic E-state index is 0. The number of nitrogens with zero attached hydrogens (tertiary/aromatic N) is 2. The summed E-state index contributed by atoms with van der Waals surface area (Å²) in [5.41, 5.74) is 5.24. The fraction of sp³-hybridized carbons (Fsp3) is 0.0769. The van der Waals surface area contributed by atoms with Crippen molar-refractivity contribution in [3.05, 3.63) is 110 Å². The standard InChI is InChI=1S/C20H15N2.C6H9O2.Ir/c1-15-9-5-6-12-17(15)20-21-18-13-7-8-14-19(18)22(20)16-10-3-2-4-11-16;1-5(7)4-6(2)8-3;/h2-14H,1H2;4H,3H2,1-2H3;/q2*-1;. The van der Waals surface area contributed by atoms with E-state index < -0.39 is 0 Å². The van der Waals surface area contributed by atoms with E-state index in [1.807, 2.05) is 54.6 Å². The molecule has 1 aromatic heterocycles. The van der Waals surface area contributed by atoms with Gasteiger partial charge in [0.25, 0.3) is 0 Å². The monoisotopic (exact) mass is 589 g/mol. The van der Waals surface area contributed by atoms with Crippen molar-refractivity contribution in [2.24, 2.45) is 0 Å². The SMILES string of the molecule is [CH2-]OC(C)=CC(C)=O.[CH2-]c1ccccc1-c1nc2ccccc2n1-c1ccccc1.[Ir]. The number of hydrogen-bond acceptors (Lipinski definition) is 3. The molecule has 1 heterocycles. The zero-order valence-corrected chi connectivity index (χ0v) is 19.9. The Labute approximate surface area is 196 Å². The number of ketones is 1. The van der Waals surface area contributed by atoms with Gasteiger partial charge in [-0.05, 0) is 38.1 Å². The van der Waals surface area contributed by atoms with E-state index in [0.717, 1.165) is 33.7 Å². The molecule has 0 aliphatic carbocycles. The number of aromatic nitrogens is 2. The molecular weight excluding hydrogens is 565 g/mol. The van der Waals surface area contributed by atoms with Crippen molar-refractivity contribution in [3.63, 3.8) is 0 Å². The fourth-order valence-corrected chi connectivity index (χ4v) is 3.11. The van der Waals surface area contributed by atoms with E-state index in [2.05, 4.69) is 47.6 Å². The Morgan fingerprint density at radius 2 is 1.55 bits per heavy atom. The van der Waals surface area contributed by atoms with Crippen molar-refractivity contribution < 1.29 is 29.6 Å². The summed E-state index contributed by atoms with van der Waals surface area (Å²) in [5, 5.41) is 0. The third-order valence-electron chi connectivity index (χ3n) is 4.47. The summed E-state index contributed by atoms with van der Waals surface area (Å²) in [7, 11) is 3.12. The van der Waals surface area contributed by atoms with E-state index in [1.165, 1.54) is 13.0 Å². The van der Waals surface area contributed by atoms with Gasteiger partial charge in [0.1, 0.15) is 0 Å². The van der Waals surface area contributed by atoms with Crippen LogP contribution in [-0.4, -0.2) is 15.3 Å². The Bertz CT molecular complexity index is 1180. The molecule has 161 valence electrons. The molecule has 0 saturated heterocycles. The van der Waals surface area contributed by atoms with E-state index in [1.54, 1.807) is 6.92 Å². The molecule has 0 amide bonds. The number of carbonyl (C=O) groups is 1. The van der Waals surface area contributed by atoms with Crippen molar-refractivity contribution in [1.29, 1.82) is 0 Å². The summed E-state index contributed by atoms with van der Waals surface area (Å²) in [5.74, 6) is 1.45. The molecule has 0 unspecified atom stereocenters. The van der Waals surface area contributed by atoms with E-state index in [9.17, 15) is 4.79 Å². The number of ether oxygens (including phenoxy) is 1. The third kappa shape index (κ3) is 5.94. The molecule has 0 aliphatic rings. The van der Waals surface area contributed by atoms with Crippen LogP contribution in [0.2, 0.25) is 0 Å². The molecule has 5 heteroatoms. The molecule has 4 rings (SSSR count). The zero-order chi connectivity index (χ0) is 21.5. The van der Waals surface area contributed by atoms with Crippen molar-refractivity contribution in [3.8, 4) is 17.1 Å². The first-order valence-electron chi connectivity index (χ1n) is 9.56. The Morgan fingerprint density at radius 1 is 0.935 bits per heavy atom. The van der Waals surface area contributed by atoms with Gasteiger partial charge >= 0.3 is 0 Å². The second-order valence-corrected chi connectivity index (χ2v) is 6.76. The molecule has 0 fully saturated rings. The number of rotatable bonds is 4. The molecule has 4 nitrogen and oxygen atoms in total. The van der Waals surface area contributed by atoms with E-state index in [4.69, 9.17) is 4.98 Å². The largest absolute Gasteiger partial charge is 0.668 e. The first-order valence-corrected chi connectivity index (χ1v) is 9.56. The van der Waals surface area contributed by atoms with Crippen molar-refractivity contribution in [1.82, 2.24) is 9.55 Å². The molecule has 1 radical (unpaired) electrons. The molecule has 31 heavy (non-hydrogen) atoms. The molecule has 3 aromatic carbocycles. The van der Waals surface area contributed by atoms with Gasteiger partial charge in [-0.3, -0.25) is 4.79 Å². The van der Waals surface area contributed by atoms with Crippen LogP contribution >= 0.6 is 0 Å². The van der Waals surface area contributed by atoms with Gasteiger partial charge in [-0.15, -0.1) is 12.1 Å². The average molecular weight is 589 g/mol. The van der Waals surface area contributed by atoms with Gasteiger partial charge < -0.3 is 9.30 Å². The average Bonchev–Trinajstić information content (AvgIpc) is 3.14. The topological polar surface area (TPSA) is 44.1 Å². The van der Waals surface area contributed by atoms with Gasteiger partial charge in [0.2, 0.25) is 0 Å². The van der Waals surface area contributed by atoms with Gasteiger partial charge in [-0.25, -0.2) is 4.98 Å². The molecular formula is C26H24IrN2O2-2. The van der Waals surface area contributed by atoms with Gasteiger partial charge in [-0.2, -0.15) is 25.7 Å². The number of para-hydroxylation sites is 3. The number of allylic oxidation sites excluding steroid dienone is 2. The van der Waals surface area contributed by atoms with E-state index in [-0.39, 0.29) is 25.9 Å². The summed E-state index contributed by atoms with van der Waals surface area (Å²) in [6.07, 6.45) is 1.38. The summed E-state index contributed by atoms with van der Waals surface area (Å²) < 4.78 is 6.65. The van der Waals surface area contributed by atoms with Crippen LogP contribution in [0.15, 0.2) is 90.7 Å². The maximum Gasteiger partial charge on any atom is 0.155 e. The summed E-state index contributed by atoms with van der Waals surface area (Å²) in [6, 6.07) is 26.6. The molecule has 0 N–H and O–H groups in total. The van der Waals surface area contributed by atoms with Crippen LogP contribution in [-0.2, 0) is 29.6 Å². The van der Waals surface area contributed by atoms with Crippen LogP contribution in [0, 0.1) is 14.0 Å². The van der Waals surface area contributed by atoms with Crippen molar-refractivity contribution in [2.45, 2.75) is 13.8 Å². The first kappa shape index (κ1) is 24.1. The van der Waals surface area contributed by atoms with Crippen LogP contribution < -0.4 is 0 Å². The van der Waals surface area contributed by atoms with E-state index in [0.29, 0.717) is 5.76 Å². The van der Waals surface area contributed by atoms with Crippen LogP contribution in [0.1, 0.15) is 19.4 Å². The summed E-state index contributed by atoms with van der Waals surface area (Å²) in [4.78, 5) is 15.1. The van der Waals surface area contributed by atoms with Crippen molar-refractivity contribution in [2.75, 3.05) is 0 Å². The number of carbonyl (C=O) groups excluding carboxylic acids is 1. The van der Waals surface area contributed by atoms with Gasteiger partial charge in [0, 0.05) is 31.9 Å². The number of benzene rings is 3. The maximum absolute atomic E-state index is 10.2. The molecule has 4 aromatic rings. The Hall–Kier alpha value is -3.14. The fourth-order valence-electron chi connectivity index (χ4n) is 3.11. The Morgan fingerprint density at radius 3 is 2.16 bits per heavy atom. The minimum Gasteiger partial charge on any atom is -0.668 e. The predicted molar refractivity (Wildman–Crippen MR) is 122 cm³/mol. The molecule has 0 atom stereocenters. The van der Waals surface area contributed by atoms with Gasteiger partial charge in [-0.1, -0.05) is 42.0 Å². The predicted octanol–water partition coefficient (Wildman–Crippen LogP) is 6.16. The normalized spacial score (nSPS) is 10.6. The first-order chi connectivity index (χ1) is 14.5. The quantitative estimate of drug-likeness (QED) is 0.163. The van der Waals surface area contributed by atoms with Crippen LogP contribution in [0.3, 0.4) is 0 Å². The third-order valence-corrected chi connectivity index (χ3v) is 4.47. The van der Waals surface area contributed by atoms with Gasteiger partial charge in [0.05, 0.1) is 22.6 Å². The molecule has 0 saturated carbocycles. The second-order valence-electron chi connectivity index (χ2n) is 6.76. The van der Waals surface area contributed by atoms with Gasteiger partial charge in [0.15, 0.2) is 5.78 Å². The summed E-state index contributed by atoms with van der Waals surface area (Å²) >= 11 is 0. The van der Waals surface area contributed by atoms with Crippen LogP contribution in [0.5, 0.6) is 0 Å². The number of imidazole rings is 1. The summed E-state index contributed by atoms with van der Waals surface area (Å²) in [6.45, 7) is 7.28. The Kier molecular flexibility index (Phi) is 8.80. The van der Waals surface area contributed by atoms with Crippen LogP contribution in [0.25, 0.3) is 28.1 Å². The van der Waals surface area contributed by atoms with Crippen molar-refractivity contribution >= 4 is 16.8 Å². The number of fused-ring (bicyclic) bond motifs is 1. The van der Waals surface area contributed by atoms with E-state index >= 15 is 0 Å². The Balaban J connectivity index is 0.000000329. The second kappa shape index (κ2) is 11.3. The molecule has 0 bridgehead atoms. The maximum atomic E-state index is 10.2. The smallest absolute Gasteiger partial charge is 0.155 e. The minimum atomic E-state index is -0.0221. The van der Waals surface area contributed by atoms with Crippen LogP contribution in [0.4, 0.5) is 0 Å². The molecule has 0 spiro atoms. The molecule has 0 aliphatic heterocycles.